The second-order valence-electron chi connectivity index (χ2n) is 4.38. The molecular weight excluding hydrogens is 229 g/mol. The standard InChI is InChI=1S/C12H17Cl2N/c1-12(2,15-3)7-6-9-4-5-10(13)11(14)8-9/h4-5,8,15H,6-7H2,1-3H3. The number of rotatable bonds is 4. The van der Waals surface area contributed by atoms with Crippen molar-refractivity contribution in [2.24, 2.45) is 0 Å². The average molecular weight is 246 g/mol. The molecule has 0 fully saturated rings. The van der Waals surface area contributed by atoms with E-state index in [2.05, 4.69) is 19.2 Å². The third-order valence-electron chi connectivity index (χ3n) is 2.70. The predicted molar refractivity (Wildman–Crippen MR) is 67.9 cm³/mol. The maximum absolute atomic E-state index is 5.95. The van der Waals surface area contributed by atoms with Gasteiger partial charge in [0.2, 0.25) is 0 Å². The van der Waals surface area contributed by atoms with Crippen molar-refractivity contribution in [1.29, 1.82) is 0 Å². The summed E-state index contributed by atoms with van der Waals surface area (Å²) in [6.45, 7) is 4.37. The predicted octanol–water partition coefficient (Wildman–Crippen LogP) is 3.92. The van der Waals surface area contributed by atoms with Gasteiger partial charge < -0.3 is 5.32 Å². The Morgan fingerprint density at radius 3 is 2.40 bits per heavy atom. The van der Waals surface area contributed by atoms with Crippen molar-refractivity contribution in [3.05, 3.63) is 33.8 Å². The molecule has 84 valence electrons. The lowest BCUT2D eigenvalue weighted by Gasteiger charge is -2.23. The summed E-state index contributed by atoms with van der Waals surface area (Å²) in [5.41, 5.74) is 1.39. The van der Waals surface area contributed by atoms with Crippen molar-refractivity contribution in [3.8, 4) is 0 Å². The van der Waals surface area contributed by atoms with E-state index in [1.165, 1.54) is 5.56 Å². The van der Waals surface area contributed by atoms with Crippen LogP contribution in [0.1, 0.15) is 25.8 Å². The summed E-state index contributed by atoms with van der Waals surface area (Å²) < 4.78 is 0. The first-order valence-electron chi connectivity index (χ1n) is 5.07. The molecule has 3 heteroatoms. The maximum atomic E-state index is 5.95. The van der Waals surface area contributed by atoms with E-state index in [-0.39, 0.29) is 5.54 Å². The van der Waals surface area contributed by atoms with Gasteiger partial charge in [-0.05, 0) is 51.4 Å². The number of halogens is 2. The minimum absolute atomic E-state index is 0.159. The second kappa shape index (κ2) is 5.20. The molecule has 0 spiro atoms. The number of nitrogens with one attached hydrogen (secondary N) is 1. The van der Waals surface area contributed by atoms with Crippen LogP contribution in [0.3, 0.4) is 0 Å². The Bertz CT molecular complexity index is 334. The molecule has 1 nitrogen and oxygen atoms in total. The molecule has 0 radical (unpaired) electrons. The molecule has 0 bridgehead atoms. The summed E-state index contributed by atoms with van der Waals surface area (Å²) >= 11 is 11.8. The van der Waals surface area contributed by atoms with Crippen molar-refractivity contribution in [2.45, 2.75) is 32.2 Å². The molecule has 0 saturated heterocycles. The molecule has 1 rings (SSSR count). The minimum atomic E-state index is 0.159. The Hall–Kier alpha value is -0.240. The molecule has 0 aliphatic rings. The summed E-state index contributed by atoms with van der Waals surface area (Å²) in [5.74, 6) is 0. The van der Waals surface area contributed by atoms with Crippen LogP contribution in [0.25, 0.3) is 0 Å². The number of benzene rings is 1. The van der Waals surface area contributed by atoms with Gasteiger partial charge in [0.15, 0.2) is 0 Å². The second-order valence-corrected chi connectivity index (χ2v) is 5.20. The summed E-state index contributed by atoms with van der Waals surface area (Å²) in [7, 11) is 1.98. The number of hydrogen-bond acceptors (Lipinski definition) is 1. The first-order chi connectivity index (χ1) is 6.94. The van der Waals surface area contributed by atoms with Gasteiger partial charge in [-0.2, -0.15) is 0 Å². The van der Waals surface area contributed by atoms with Gasteiger partial charge in [0, 0.05) is 5.54 Å². The Morgan fingerprint density at radius 2 is 1.87 bits per heavy atom. The highest BCUT2D eigenvalue weighted by Crippen LogP contribution is 2.24. The van der Waals surface area contributed by atoms with Crippen LogP contribution < -0.4 is 5.32 Å². The lowest BCUT2D eigenvalue weighted by molar-refractivity contribution is 0.393. The lowest BCUT2D eigenvalue weighted by atomic mass is 9.96. The van der Waals surface area contributed by atoms with Gasteiger partial charge in [-0.15, -0.1) is 0 Å². The summed E-state index contributed by atoms with van der Waals surface area (Å²) in [6.07, 6.45) is 2.08. The van der Waals surface area contributed by atoms with Crippen LogP contribution in [0, 0.1) is 0 Å². The third kappa shape index (κ3) is 4.02. The van der Waals surface area contributed by atoms with Crippen LogP contribution in [-0.4, -0.2) is 12.6 Å². The van der Waals surface area contributed by atoms with Crippen LogP contribution in [-0.2, 0) is 6.42 Å². The highest BCUT2D eigenvalue weighted by Gasteiger charge is 2.14. The smallest absolute Gasteiger partial charge is 0.0595 e. The molecule has 15 heavy (non-hydrogen) atoms. The zero-order chi connectivity index (χ0) is 11.5. The van der Waals surface area contributed by atoms with Crippen molar-refractivity contribution >= 4 is 23.2 Å². The van der Waals surface area contributed by atoms with Crippen LogP contribution in [0.2, 0.25) is 10.0 Å². The van der Waals surface area contributed by atoms with E-state index in [4.69, 9.17) is 23.2 Å². The van der Waals surface area contributed by atoms with Crippen molar-refractivity contribution < 1.29 is 0 Å². The van der Waals surface area contributed by atoms with Gasteiger partial charge >= 0.3 is 0 Å². The third-order valence-corrected chi connectivity index (χ3v) is 3.44. The van der Waals surface area contributed by atoms with Gasteiger partial charge in [0.1, 0.15) is 0 Å². The Morgan fingerprint density at radius 1 is 1.20 bits per heavy atom. The lowest BCUT2D eigenvalue weighted by Crippen LogP contribution is -2.36. The molecule has 0 aliphatic carbocycles. The van der Waals surface area contributed by atoms with Crippen molar-refractivity contribution in [2.75, 3.05) is 7.05 Å². The Labute approximate surface area is 102 Å². The minimum Gasteiger partial charge on any atom is -0.315 e. The fourth-order valence-electron chi connectivity index (χ4n) is 1.28. The fraction of sp³-hybridized carbons (Fsp3) is 0.500. The summed E-state index contributed by atoms with van der Waals surface area (Å²) in [4.78, 5) is 0. The molecule has 0 heterocycles. The SMILES string of the molecule is CNC(C)(C)CCc1ccc(Cl)c(Cl)c1. The van der Waals surface area contributed by atoms with Crippen molar-refractivity contribution in [3.63, 3.8) is 0 Å². The monoisotopic (exact) mass is 245 g/mol. The quantitative estimate of drug-likeness (QED) is 0.848. The number of aryl methyl sites for hydroxylation is 1. The summed E-state index contributed by atoms with van der Waals surface area (Å²) in [5, 5.41) is 4.53. The Balaban J connectivity index is 2.62. The summed E-state index contributed by atoms with van der Waals surface area (Å²) in [6, 6.07) is 5.82. The highest BCUT2D eigenvalue weighted by molar-refractivity contribution is 6.42. The molecule has 1 aromatic carbocycles. The largest absolute Gasteiger partial charge is 0.315 e. The van der Waals surface area contributed by atoms with Gasteiger partial charge in [0.05, 0.1) is 10.0 Å². The van der Waals surface area contributed by atoms with E-state index in [0.29, 0.717) is 10.0 Å². The van der Waals surface area contributed by atoms with Gasteiger partial charge in [-0.3, -0.25) is 0 Å². The van der Waals surface area contributed by atoms with Crippen LogP contribution in [0.15, 0.2) is 18.2 Å². The maximum Gasteiger partial charge on any atom is 0.0595 e. The first-order valence-corrected chi connectivity index (χ1v) is 5.83. The average Bonchev–Trinajstić information content (AvgIpc) is 2.20. The zero-order valence-corrected chi connectivity index (χ0v) is 10.9. The molecule has 1 aromatic rings. The van der Waals surface area contributed by atoms with Gasteiger partial charge in [-0.1, -0.05) is 29.3 Å². The van der Waals surface area contributed by atoms with Crippen LogP contribution in [0.5, 0.6) is 0 Å². The van der Waals surface area contributed by atoms with Crippen molar-refractivity contribution in [1.82, 2.24) is 5.32 Å². The molecule has 0 saturated carbocycles. The number of hydrogen-bond donors (Lipinski definition) is 1. The van der Waals surface area contributed by atoms with Crippen LogP contribution >= 0.6 is 23.2 Å². The normalized spacial score (nSPS) is 11.8. The van der Waals surface area contributed by atoms with E-state index < -0.39 is 0 Å². The van der Waals surface area contributed by atoms with Gasteiger partial charge in [0.25, 0.3) is 0 Å². The Kier molecular flexibility index (Phi) is 4.45. The molecule has 0 atom stereocenters. The van der Waals surface area contributed by atoms with E-state index >= 15 is 0 Å². The van der Waals surface area contributed by atoms with E-state index in [0.717, 1.165) is 12.8 Å². The molecule has 0 amide bonds. The molecular formula is C12H17Cl2N. The van der Waals surface area contributed by atoms with E-state index in [9.17, 15) is 0 Å². The van der Waals surface area contributed by atoms with E-state index in [1.807, 2.05) is 25.2 Å². The van der Waals surface area contributed by atoms with E-state index in [1.54, 1.807) is 0 Å². The molecule has 0 aliphatic heterocycles. The van der Waals surface area contributed by atoms with Crippen LogP contribution in [0.4, 0.5) is 0 Å². The van der Waals surface area contributed by atoms with Gasteiger partial charge in [-0.25, -0.2) is 0 Å². The molecule has 0 unspecified atom stereocenters. The molecule has 1 N–H and O–H groups in total. The first kappa shape index (κ1) is 12.8. The molecule has 0 aromatic heterocycles. The zero-order valence-electron chi connectivity index (χ0n) is 9.40. The fourth-order valence-corrected chi connectivity index (χ4v) is 1.60. The highest BCUT2D eigenvalue weighted by atomic mass is 35.5. The topological polar surface area (TPSA) is 12.0 Å².